The van der Waals surface area contributed by atoms with Crippen LogP contribution in [0.1, 0.15) is 5.56 Å². The van der Waals surface area contributed by atoms with E-state index in [4.69, 9.17) is 35.0 Å². The van der Waals surface area contributed by atoms with Crippen LogP contribution in [0.5, 0.6) is 0 Å². The molecule has 0 N–H and O–H groups in total. The summed E-state index contributed by atoms with van der Waals surface area (Å²) in [5, 5.41) is 0.674. The number of amides is 1. The van der Waals surface area contributed by atoms with Gasteiger partial charge in [-0.2, -0.15) is 0 Å². The highest BCUT2D eigenvalue weighted by Gasteiger charge is 2.19. The van der Waals surface area contributed by atoms with Crippen LogP contribution in [-0.2, 0) is 11.2 Å². The van der Waals surface area contributed by atoms with Crippen LogP contribution < -0.4 is 4.42 Å². The first-order valence-electron chi connectivity index (χ1n) is 5.56. The van der Waals surface area contributed by atoms with Crippen molar-refractivity contribution in [1.82, 2.24) is 0 Å². The van der Waals surface area contributed by atoms with Gasteiger partial charge < -0.3 is 0 Å². The number of halogens is 3. The highest BCUT2D eigenvalue weighted by Crippen LogP contribution is 2.34. The van der Waals surface area contributed by atoms with Crippen LogP contribution in [0, 0.1) is 0 Å². The number of benzene rings is 2. The minimum atomic E-state index is -0.289. The Balaban J connectivity index is 2.20. The molecule has 0 unspecified atom stereocenters. The Labute approximate surface area is 126 Å². The van der Waals surface area contributed by atoms with E-state index in [1.165, 1.54) is 0 Å². The molecule has 19 heavy (non-hydrogen) atoms. The van der Waals surface area contributed by atoms with Crippen LogP contribution in [0.2, 0.25) is 10.0 Å². The number of para-hydroxylation sites is 1. The largest absolute Gasteiger partial charge is 0.273 e. The lowest BCUT2D eigenvalue weighted by atomic mass is 10.1. The van der Waals surface area contributed by atoms with Gasteiger partial charge in [0.25, 0.3) is 0 Å². The Bertz CT molecular complexity index is 566. The van der Waals surface area contributed by atoms with Crippen LogP contribution in [-0.4, -0.2) is 5.91 Å². The lowest BCUT2D eigenvalue weighted by Gasteiger charge is -2.16. The van der Waals surface area contributed by atoms with Crippen LogP contribution in [0.15, 0.2) is 48.5 Å². The molecule has 98 valence electrons. The molecule has 5 heteroatoms. The highest BCUT2D eigenvalue weighted by molar-refractivity contribution is 6.45. The summed E-state index contributed by atoms with van der Waals surface area (Å²) in [7, 11) is 0. The van der Waals surface area contributed by atoms with Crippen molar-refractivity contribution in [3.05, 3.63) is 64.1 Å². The van der Waals surface area contributed by atoms with Gasteiger partial charge in [-0.15, -0.1) is 0 Å². The number of carbonyl (C=O) groups excluding carboxylic acids is 1. The standard InChI is InChI=1S/C14H10Cl3NO/c15-11-7-4-8-12(16)14(11)18(17)13(19)9-10-5-2-1-3-6-10/h1-8H,9H2. The molecule has 2 rings (SSSR count). The fourth-order valence-corrected chi connectivity index (χ4v) is 2.54. The molecule has 0 fully saturated rings. The third-order valence-corrected chi connectivity index (χ3v) is 3.52. The van der Waals surface area contributed by atoms with E-state index in [9.17, 15) is 4.79 Å². The molecule has 0 radical (unpaired) electrons. The SMILES string of the molecule is O=C(Cc1ccccc1)N(Cl)c1c(Cl)cccc1Cl. The van der Waals surface area contributed by atoms with Gasteiger partial charge in [-0.05, 0) is 17.7 Å². The Morgan fingerprint density at radius 2 is 1.53 bits per heavy atom. The van der Waals surface area contributed by atoms with E-state index < -0.39 is 0 Å². The summed E-state index contributed by atoms with van der Waals surface area (Å²) in [5.74, 6) is -0.289. The summed E-state index contributed by atoms with van der Waals surface area (Å²) < 4.78 is 0.970. The first-order valence-corrected chi connectivity index (χ1v) is 6.65. The highest BCUT2D eigenvalue weighted by atomic mass is 35.5. The van der Waals surface area contributed by atoms with Crippen molar-refractivity contribution in [2.75, 3.05) is 4.42 Å². The van der Waals surface area contributed by atoms with Crippen molar-refractivity contribution < 1.29 is 4.79 Å². The van der Waals surface area contributed by atoms with E-state index in [0.717, 1.165) is 9.98 Å². The van der Waals surface area contributed by atoms with Gasteiger partial charge in [-0.1, -0.05) is 59.6 Å². The second-order valence-electron chi connectivity index (χ2n) is 3.91. The lowest BCUT2D eigenvalue weighted by Crippen LogP contribution is -2.23. The van der Waals surface area contributed by atoms with Crippen molar-refractivity contribution >= 4 is 46.6 Å². The Morgan fingerprint density at radius 1 is 0.947 bits per heavy atom. The number of hydrogen-bond acceptors (Lipinski definition) is 1. The summed E-state index contributed by atoms with van der Waals surface area (Å²) in [6.07, 6.45) is 0.186. The topological polar surface area (TPSA) is 20.3 Å². The molecule has 0 saturated heterocycles. The fourth-order valence-electron chi connectivity index (χ4n) is 1.64. The zero-order valence-electron chi connectivity index (χ0n) is 9.82. The molecule has 0 aliphatic heterocycles. The molecule has 2 aromatic carbocycles. The van der Waals surface area contributed by atoms with E-state index in [-0.39, 0.29) is 12.3 Å². The Kier molecular flexibility index (Phi) is 4.70. The summed E-state index contributed by atoms with van der Waals surface area (Å²) in [4.78, 5) is 12.1. The molecule has 0 aliphatic rings. The second-order valence-corrected chi connectivity index (χ2v) is 5.06. The third-order valence-electron chi connectivity index (χ3n) is 2.55. The van der Waals surface area contributed by atoms with Gasteiger partial charge in [-0.25, -0.2) is 4.42 Å². The maximum Gasteiger partial charge on any atom is 0.246 e. The van der Waals surface area contributed by atoms with E-state index in [1.807, 2.05) is 30.3 Å². The smallest absolute Gasteiger partial charge is 0.246 e. The number of anilines is 1. The molecular weight excluding hydrogens is 305 g/mol. The summed E-state index contributed by atoms with van der Waals surface area (Å²) in [6, 6.07) is 14.3. The fraction of sp³-hybridized carbons (Fsp3) is 0.0714. The number of rotatable bonds is 3. The molecule has 2 nitrogen and oxygen atoms in total. The molecule has 0 aromatic heterocycles. The monoisotopic (exact) mass is 313 g/mol. The first kappa shape index (κ1) is 14.2. The predicted octanol–water partition coefficient (Wildman–Crippen LogP) is 4.72. The number of carbonyl (C=O) groups is 1. The molecule has 1 amide bonds. The van der Waals surface area contributed by atoms with Crippen LogP contribution >= 0.6 is 35.0 Å². The van der Waals surface area contributed by atoms with E-state index >= 15 is 0 Å². The molecule has 2 aromatic rings. The normalized spacial score (nSPS) is 10.3. The van der Waals surface area contributed by atoms with Gasteiger partial charge in [0.2, 0.25) is 5.91 Å². The van der Waals surface area contributed by atoms with Crippen LogP contribution in [0.25, 0.3) is 0 Å². The lowest BCUT2D eigenvalue weighted by molar-refractivity contribution is -0.116. The van der Waals surface area contributed by atoms with E-state index in [0.29, 0.717) is 15.7 Å². The van der Waals surface area contributed by atoms with Gasteiger partial charge in [-0.3, -0.25) is 4.79 Å². The minimum absolute atomic E-state index is 0.186. The van der Waals surface area contributed by atoms with Gasteiger partial charge >= 0.3 is 0 Å². The van der Waals surface area contributed by atoms with Gasteiger partial charge in [0.15, 0.2) is 0 Å². The second kappa shape index (κ2) is 6.29. The molecule has 0 aliphatic carbocycles. The van der Waals surface area contributed by atoms with E-state index in [1.54, 1.807) is 18.2 Å². The van der Waals surface area contributed by atoms with Crippen molar-refractivity contribution in [3.8, 4) is 0 Å². The summed E-state index contributed by atoms with van der Waals surface area (Å²) >= 11 is 18.0. The maximum absolute atomic E-state index is 12.1. The number of nitrogens with zero attached hydrogens (tertiary/aromatic N) is 1. The van der Waals surface area contributed by atoms with E-state index in [2.05, 4.69) is 0 Å². The first-order chi connectivity index (χ1) is 9.09. The van der Waals surface area contributed by atoms with Crippen molar-refractivity contribution in [2.24, 2.45) is 0 Å². The molecule has 0 atom stereocenters. The maximum atomic E-state index is 12.1. The molecule has 0 saturated carbocycles. The van der Waals surface area contributed by atoms with Crippen LogP contribution in [0.4, 0.5) is 5.69 Å². The quantitative estimate of drug-likeness (QED) is 0.750. The van der Waals surface area contributed by atoms with Crippen molar-refractivity contribution in [1.29, 1.82) is 0 Å². The predicted molar refractivity (Wildman–Crippen MR) is 79.9 cm³/mol. The molecular formula is C14H10Cl3NO. The van der Waals surface area contributed by atoms with Gasteiger partial charge in [0, 0.05) is 11.8 Å². The van der Waals surface area contributed by atoms with Gasteiger partial charge in [0.05, 0.1) is 22.2 Å². The van der Waals surface area contributed by atoms with Crippen LogP contribution in [0.3, 0.4) is 0 Å². The molecule has 0 bridgehead atoms. The Morgan fingerprint density at radius 3 is 2.11 bits per heavy atom. The number of hydrogen-bond donors (Lipinski definition) is 0. The van der Waals surface area contributed by atoms with Crippen molar-refractivity contribution in [3.63, 3.8) is 0 Å². The molecule has 0 spiro atoms. The zero-order valence-corrected chi connectivity index (χ0v) is 12.1. The third kappa shape index (κ3) is 3.41. The van der Waals surface area contributed by atoms with Crippen molar-refractivity contribution in [2.45, 2.75) is 6.42 Å². The average Bonchev–Trinajstić information content (AvgIpc) is 2.39. The average molecular weight is 315 g/mol. The Hall–Kier alpha value is -1.22. The summed E-state index contributed by atoms with van der Waals surface area (Å²) in [5.41, 5.74) is 1.19. The molecule has 0 heterocycles. The zero-order chi connectivity index (χ0) is 13.8. The summed E-state index contributed by atoms with van der Waals surface area (Å²) in [6.45, 7) is 0. The van der Waals surface area contributed by atoms with Gasteiger partial charge in [0.1, 0.15) is 0 Å². The minimum Gasteiger partial charge on any atom is -0.273 e.